The Morgan fingerprint density at radius 3 is 2.00 bits per heavy atom. The standard InChI is InChI=1S/C16H15NO2/c1-12(18)15-10-6-7-11-16(15)17(13(2)19)14-8-4-3-5-9-14/h3-11H,1-2H3. The first-order valence-electron chi connectivity index (χ1n) is 6.07. The smallest absolute Gasteiger partial charge is 0.228 e. The molecule has 0 fully saturated rings. The number of ketones is 1. The molecule has 2 aromatic carbocycles. The molecule has 0 aliphatic heterocycles. The average Bonchev–Trinajstić information content (AvgIpc) is 2.40. The van der Waals surface area contributed by atoms with E-state index in [2.05, 4.69) is 0 Å². The average molecular weight is 253 g/mol. The largest absolute Gasteiger partial charge is 0.294 e. The first-order valence-corrected chi connectivity index (χ1v) is 6.07. The van der Waals surface area contributed by atoms with Crippen molar-refractivity contribution in [3.8, 4) is 0 Å². The van der Waals surface area contributed by atoms with E-state index < -0.39 is 0 Å². The Kier molecular flexibility index (Phi) is 3.76. The summed E-state index contributed by atoms with van der Waals surface area (Å²) in [6.07, 6.45) is 0. The fourth-order valence-electron chi connectivity index (χ4n) is 2.03. The summed E-state index contributed by atoms with van der Waals surface area (Å²) in [5.74, 6) is -0.183. The van der Waals surface area contributed by atoms with Crippen LogP contribution < -0.4 is 4.90 Å². The second-order valence-corrected chi connectivity index (χ2v) is 4.26. The normalized spacial score (nSPS) is 10.0. The molecule has 3 nitrogen and oxygen atoms in total. The minimum Gasteiger partial charge on any atom is -0.294 e. The van der Waals surface area contributed by atoms with Gasteiger partial charge in [0, 0.05) is 18.2 Å². The Morgan fingerprint density at radius 1 is 0.842 bits per heavy atom. The molecular formula is C16H15NO2. The number of rotatable bonds is 3. The molecule has 1 amide bonds. The Bertz CT molecular complexity index is 605. The molecule has 0 spiro atoms. The lowest BCUT2D eigenvalue weighted by Gasteiger charge is -2.23. The van der Waals surface area contributed by atoms with Gasteiger partial charge < -0.3 is 0 Å². The SMILES string of the molecule is CC(=O)c1ccccc1N(C(C)=O)c1ccccc1. The zero-order valence-corrected chi connectivity index (χ0v) is 11.0. The minimum atomic E-state index is -0.125. The van der Waals surface area contributed by atoms with Gasteiger partial charge in [0.25, 0.3) is 0 Å². The summed E-state index contributed by atoms with van der Waals surface area (Å²) in [6, 6.07) is 16.4. The molecule has 0 unspecified atom stereocenters. The molecule has 96 valence electrons. The molecule has 0 saturated heterocycles. The van der Waals surface area contributed by atoms with Crippen LogP contribution in [0.4, 0.5) is 11.4 Å². The van der Waals surface area contributed by atoms with Crippen LogP contribution in [0, 0.1) is 0 Å². The summed E-state index contributed by atoms with van der Waals surface area (Å²) in [7, 11) is 0. The molecule has 19 heavy (non-hydrogen) atoms. The van der Waals surface area contributed by atoms with Crippen molar-refractivity contribution in [1.29, 1.82) is 0 Å². The molecule has 0 saturated carbocycles. The van der Waals surface area contributed by atoms with Crippen LogP contribution in [-0.4, -0.2) is 11.7 Å². The molecule has 0 heterocycles. The van der Waals surface area contributed by atoms with Crippen molar-refractivity contribution in [1.82, 2.24) is 0 Å². The van der Waals surface area contributed by atoms with Crippen LogP contribution in [0.3, 0.4) is 0 Å². The van der Waals surface area contributed by atoms with Crippen molar-refractivity contribution in [2.24, 2.45) is 0 Å². The highest BCUT2D eigenvalue weighted by molar-refractivity contribution is 6.07. The third kappa shape index (κ3) is 2.71. The van der Waals surface area contributed by atoms with Gasteiger partial charge in [-0.2, -0.15) is 0 Å². The summed E-state index contributed by atoms with van der Waals surface area (Å²) in [5.41, 5.74) is 1.92. The maximum atomic E-state index is 11.9. The molecule has 0 N–H and O–H groups in total. The molecule has 0 aliphatic carbocycles. The van der Waals surface area contributed by atoms with Gasteiger partial charge in [0.15, 0.2) is 5.78 Å². The van der Waals surface area contributed by atoms with Gasteiger partial charge in [-0.1, -0.05) is 30.3 Å². The third-order valence-corrected chi connectivity index (χ3v) is 2.85. The van der Waals surface area contributed by atoms with Gasteiger partial charge in [-0.05, 0) is 31.2 Å². The number of amides is 1. The first-order chi connectivity index (χ1) is 9.11. The van der Waals surface area contributed by atoms with E-state index >= 15 is 0 Å². The number of benzene rings is 2. The third-order valence-electron chi connectivity index (χ3n) is 2.85. The molecule has 0 aliphatic rings. The number of carbonyl (C=O) groups excluding carboxylic acids is 2. The van der Waals surface area contributed by atoms with Crippen LogP contribution in [0.5, 0.6) is 0 Å². The van der Waals surface area contributed by atoms with Gasteiger partial charge in [0.05, 0.1) is 5.69 Å². The lowest BCUT2D eigenvalue weighted by molar-refractivity contribution is -0.115. The fraction of sp³-hybridized carbons (Fsp3) is 0.125. The van der Waals surface area contributed by atoms with Crippen molar-refractivity contribution in [2.45, 2.75) is 13.8 Å². The summed E-state index contributed by atoms with van der Waals surface area (Å²) in [6.45, 7) is 2.99. The minimum absolute atomic E-state index is 0.0576. The van der Waals surface area contributed by atoms with Gasteiger partial charge >= 0.3 is 0 Å². The molecule has 0 atom stereocenters. The maximum absolute atomic E-state index is 11.9. The summed E-state index contributed by atoms with van der Waals surface area (Å²) < 4.78 is 0. The Hall–Kier alpha value is -2.42. The van der Waals surface area contributed by atoms with Crippen LogP contribution in [0.25, 0.3) is 0 Å². The Balaban J connectivity index is 2.59. The number of Topliss-reactive ketones (excluding diaryl/α,β-unsaturated/α-hetero) is 1. The van der Waals surface area contributed by atoms with E-state index in [0.29, 0.717) is 11.3 Å². The van der Waals surface area contributed by atoms with Gasteiger partial charge in [0.2, 0.25) is 5.91 Å². The second-order valence-electron chi connectivity index (χ2n) is 4.26. The van der Waals surface area contributed by atoms with Crippen molar-refractivity contribution in [3.63, 3.8) is 0 Å². The van der Waals surface area contributed by atoms with Crippen molar-refractivity contribution < 1.29 is 9.59 Å². The Morgan fingerprint density at radius 2 is 1.42 bits per heavy atom. The highest BCUT2D eigenvalue weighted by Gasteiger charge is 2.18. The zero-order valence-electron chi connectivity index (χ0n) is 11.0. The molecule has 0 bridgehead atoms. The van der Waals surface area contributed by atoms with Crippen molar-refractivity contribution in [3.05, 3.63) is 60.2 Å². The lowest BCUT2D eigenvalue weighted by Crippen LogP contribution is -2.24. The second kappa shape index (κ2) is 5.48. The van der Waals surface area contributed by atoms with Gasteiger partial charge in [0.1, 0.15) is 0 Å². The van der Waals surface area contributed by atoms with Gasteiger partial charge in [-0.15, -0.1) is 0 Å². The molecule has 0 aromatic heterocycles. The molecule has 2 aromatic rings. The quantitative estimate of drug-likeness (QED) is 0.784. The molecule has 3 heteroatoms. The number of carbonyl (C=O) groups is 2. The maximum Gasteiger partial charge on any atom is 0.228 e. The highest BCUT2D eigenvalue weighted by atomic mass is 16.2. The van der Waals surface area contributed by atoms with Crippen LogP contribution in [0.1, 0.15) is 24.2 Å². The van der Waals surface area contributed by atoms with E-state index in [-0.39, 0.29) is 11.7 Å². The summed E-state index contributed by atoms with van der Waals surface area (Å²) >= 11 is 0. The molecule has 0 radical (unpaired) electrons. The molecular weight excluding hydrogens is 238 g/mol. The monoisotopic (exact) mass is 253 g/mol. The summed E-state index contributed by atoms with van der Waals surface area (Å²) in [5, 5.41) is 0. The number of hydrogen-bond acceptors (Lipinski definition) is 2. The van der Waals surface area contributed by atoms with Gasteiger partial charge in [-0.3, -0.25) is 14.5 Å². The van der Waals surface area contributed by atoms with E-state index in [0.717, 1.165) is 5.69 Å². The highest BCUT2D eigenvalue weighted by Crippen LogP contribution is 2.28. The predicted octanol–water partition coefficient (Wildman–Crippen LogP) is 3.57. The van der Waals surface area contributed by atoms with E-state index in [1.165, 1.54) is 13.8 Å². The Labute approximate surface area is 112 Å². The predicted molar refractivity (Wildman–Crippen MR) is 75.7 cm³/mol. The van der Waals surface area contributed by atoms with E-state index in [4.69, 9.17) is 0 Å². The number of hydrogen-bond donors (Lipinski definition) is 0. The van der Waals surface area contributed by atoms with E-state index in [1.54, 1.807) is 23.1 Å². The van der Waals surface area contributed by atoms with Crippen molar-refractivity contribution in [2.75, 3.05) is 4.90 Å². The van der Waals surface area contributed by atoms with E-state index in [9.17, 15) is 9.59 Å². The van der Waals surface area contributed by atoms with Crippen LogP contribution in [0.15, 0.2) is 54.6 Å². The van der Waals surface area contributed by atoms with Crippen LogP contribution in [-0.2, 0) is 4.79 Å². The zero-order chi connectivity index (χ0) is 13.8. The summed E-state index contributed by atoms with van der Waals surface area (Å²) in [4.78, 5) is 25.2. The number of para-hydroxylation sites is 2. The van der Waals surface area contributed by atoms with Crippen LogP contribution >= 0.6 is 0 Å². The van der Waals surface area contributed by atoms with Crippen molar-refractivity contribution >= 4 is 23.1 Å². The first kappa shape index (κ1) is 13.0. The van der Waals surface area contributed by atoms with Gasteiger partial charge in [-0.25, -0.2) is 0 Å². The van der Waals surface area contributed by atoms with E-state index in [1.807, 2.05) is 36.4 Å². The fourth-order valence-corrected chi connectivity index (χ4v) is 2.03. The number of nitrogens with zero attached hydrogens (tertiary/aromatic N) is 1. The topological polar surface area (TPSA) is 37.4 Å². The molecule has 2 rings (SSSR count). The van der Waals surface area contributed by atoms with Crippen LogP contribution in [0.2, 0.25) is 0 Å². The number of anilines is 2. The lowest BCUT2D eigenvalue weighted by atomic mass is 10.1.